The fourth-order valence-corrected chi connectivity index (χ4v) is 6.25. The van der Waals surface area contributed by atoms with Gasteiger partial charge in [-0.15, -0.1) is 0 Å². The first-order valence-corrected chi connectivity index (χ1v) is 21.4. The maximum atomic E-state index is 12.5. The van der Waals surface area contributed by atoms with Crippen LogP contribution in [0.4, 0.5) is 0 Å². The third kappa shape index (κ3) is 36.1. The Morgan fingerprint density at radius 3 is 1.54 bits per heavy atom. The highest BCUT2D eigenvalue weighted by Gasteiger charge is 2.25. The molecule has 0 spiro atoms. The summed E-state index contributed by atoms with van der Waals surface area (Å²) in [5, 5.41) is 0. The van der Waals surface area contributed by atoms with Crippen molar-refractivity contribution in [3.8, 4) is 0 Å². The number of unbranched alkanes of at least 4 members (excludes halogenated alkanes) is 23. The zero-order valence-corrected chi connectivity index (χ0v) is 32.1. The number of phosphoric acid groups is 1. The van der Waals surface area contributed by atoms with Gasteiger partial charge in [0.25, 0.3) is 0 Å². The smallest absolute Gasteiger partial charge is 0.472 e. The number of carbonyl (C=O) groups is 1. The molecule has 0 radical (unpaired) electrons. The second-order valence-corrected chi connectivity index (χ2v) is 14.7. The van der Waals surface area contributed by atoms with Crippen LogP contribution in [0, 0.1) is 0 Å². The van der Waals surface area contributed by atoms with Gasteiger partial charge in [-0.3, -0.25) is 13.8 Å². The Bertz CT molecular complexity index is 792. The van der Waals surface area contributed by atoms with Gasteiger partial charge in [0.05, 0.1) is 19.5 Å². The monoisotopic (exact) mass is 702 g/mol. The van der Waals surface area contributed by atoms with Gasteiger partial charge in [-0.05, 0) is 51.0 Å². The SMILES string of the molecule is CCCCCCCC/C=C\CCCCCCCC(=O)O[C@H](CO/C=C\CCCCCCCCCCCCCC)COP(=O)(O)OCCN. The van der Waals surface area contributed by atoms with E-state index in [2.05, 4.69) is 26.0 Å². The van der Waals surface area contributed by atoms with Gasteiger partial charge < -0.3 is 20.1 Å². The summed E-state index contributed by atoms with van der Waals surface area (Å²) in [6, 6.07) is 0. The lowest BCUT2D eigenvalue weighted by Gasteiger charge is -2.19. The summed E-state index contributed by atoms with van der Waals surface area (Å²) in [5.74, 6) is -0.360. The van der Waals surface area contributed by atoms with Crippen molar-refractivity contribution in [3.05, 3.63) is 24.5 Å². The first-order chi connectivity index (χ1) is 23.4. The lowest BCUT2D eigenvalue weighted by molar-refractivity contribution is -0.153. The van der Waals surface area contributed by atoms with Crippen LogP contribution in [-0.4, -0.2) is 43.3 Å². The Labute approximate surface area is 296 Å². The lowest BCUT2D eigenvalue weighted by Crippen LogP contribution is -2.27. The number of ether oxygens (including phenoxy) is 2. The Hall–Kier alpha value is -1.18. The summed E-state index contributed by atoms with van der Waals surface area (Å²) >= 11 is 0. The van der Waals surface area contributed by atoms with Crippen molar-refractivity contribution in [2.24, 2.45) is 5.73 Å². The average molecular weight is 702 g/mol. The van der Waals surface area contributed by atoms with E-state index >= 15 is 0 Å². The summed E-state index contributed by atoms with van der Waals surface area (Å²) in [6.45, 7) is 4.23. The summed E-state index contributed by atoms with van der Waals surface area (Å²) in [4.78, 5) is 22.4. The zero-order chi connectivity index (χ0) is 35.2. The predicted octanol–water partition coefficient (Wildman–Crippen LogP) is 11.6. The molecule has 0 aromatic rings. The van der Waals surface area contributed by atoms with Crippen LogP contribution in [0.1, 0.15) is 187 Å². The molecule has 0 saturated carbocycles. The third-order valence-corrected chi connectivity index (χ3v) is 9.42. The van der Waals surface area contributed by atoms with E-state index in [-0.39, 0.29) is 32.3 Å². The molecule has 48 heavy (non-hydrogen) atoms. The Kier molecular flexibility index (Phi) is 36.2. The average Bonchev–Trinajstić information content (AvgIpc) is 3.07. The van der Waals surface area contributed by atoms with Crippen LogP contribution < -0.4 is 5.73 Å². The van der Waals surface area contributed by atoms with Crippen molar-refractivity contribution in [2.45, 2.75) is 193 Å². The number of rotatable bonds is 38. The molecule has 0 amide bonds. The molecular formula is C39H76NO7P. The number of esters is 1. The molecule has 0 fully saturated rings. The first kappa shape index (κ1) is 46.8. The Morgan fingerprint density at radius 1 is 0.625 bits per heavy atom. The van der Waals surface area contributed by atoms with Gasteiger partial charge >= 0.3 is 13.8 Å². The van der Waals surface area contributed by atoms with E-state index in [0.29, 0.717) is 6.42 Å². The Morgan fingerprint density at radius 2 is 1.06 bits per heavy atom. The summed E-state index contributed by atoms with van der Waals surface area (Å²) in [6.07, 6.45) is 39.9. The summed E-state index contributed by atoms with van der Waals surface area (Å²) in [7, 11) is -4.29. The van der Waals surface area contributed by atoms with Crippen LogP contribution in [0.3, 0.4) is 0 Å². The predicted molar refractivity (Wildman–Crippen MR) is 201 cm³/mol. The molecule has 0 bridgehead atoms. The minimum atomic E-state index is -4.29. The molecule has 8 nitrogen and oxygen atoms in total. The maximum Gasteiger partial charge on any atom is 0.472 e. The molecule has 0 aliphatic heterocycles. The fourth-order valence-electron chi connectivity index (χ4n) is 5.49. The van der Waals surface area contributed by atoms with Gasteiger partial charge in [0.15, 0.2) is 6.10 Å². The van der Waals surface area contributed by atoms with E-state index < -0.39 is 13.9 Å². The minimum Gasteiger partial charge on any atom is -0.498 e. The number of allylic oxidation sites excluding steroid dienone is 3. The van der Waals surface area contributed by atoms with Crippen LogP contribution in [-0.2, 0) is 27.9 Å². The van der Waals surface area contributed by atoms with Crippen LogP contribution in [0.25, 0.3) is 0 Å². The second-order valence-electron chi connectivity index (χ2n) is 13.2. The van der Waals surface area contributed by atoms with Gasteiger partial charge in [-0.1, -0.05) is 148 Å². The van der Waals surface area contributed by atoms with Crippen LogP contribution in [0.5, 0.6) is 0 Å². The van der Waals surface area contributed by atoms with E-state index in [4.69, 9.17) is 24.3 Å². The van der Waals surface area contributed by atoms with E-state index in [1.54, 1.807) is 6.26 Å². The highest BCUT2D eigenvalue weighted by Crippen LogP contribution is 2.43. The molecule has 2 atom stereocenters. The van der Waals surface area contributed by atoms with Crippen molar-refractivity contribution >= 4 is 13.8 Å². The molecule has 0 saturated heterocycles. The molecule has 0 aromatic carbocycles. The molecule has 0 aliphatic rings. The largest absolute Gasteiger partial charge is 0.498 e. The van der Waals surface area contributed by atoms with Crippen molar-refractivity contribution in [3.63, 3.8) is 0 Å². The zero-order valence-electron chi connectivity index (χ0n) is 31.2. The summed E-state index contributed by atoms with van der Waals surface area (Å²) in [5.41, 5.74) is 5.35. The maximum absolute atomic E-state index is 12.5. The molecule has 284 valence electrons. The van der Waals surface area contributed by atoms with Gasteiger partial charge in [0.2, 0.25) is 0 Å². The minimum absolute atomic E-state index is 0.0317. The fraction of sp³-hybridized carbons (Fsp3) is 0.872. The van der Waals surface area contributed by atoms with E-state index in [0.717, 1.165) is 44.9 Å². The molecule has 0 heterocycles. The number of carbonyl (C=O) groups excluding carboxylic acids is 1. The highest BCUT2D eigenvalue weighted by molar-refractivity contribution is 7.47. The topological polar surface area (TPSA) is 117 Å². The standard InChI is InChI=1S/C39H76NO7P/c1-3-5-7-9-11-13-15-17-19-20-22-24-26-28-30-32-39(41)47-38(37-46-48(42,43)45-35-33-40)36-44-34-31-29-27-25-23-21-18-16-14-12-10-8-6-4-2/h17,19,31,34,38H,3-16,18,20-30,32-33,35-37,40H2,1-2H3,(H,42,43)/b19-17-,34-31-/t38-/m1/s1. The number of nitrogens with two attached hydrogens (primary N) is 1. The summed E-state index contributed by atoms with van der Waals surface area (Å²) < 4.78 is 33.1. The van der Waals surface area contributed by atoms with E-state index in [9.17, 15) is 14.3 Å². The van der Waals surface area contributed by atoms with Gasteiger partial charge in [0, 0.05) is 13.0 Å². The van der Waals surface area contributed by atoms with Crippen LogP contribution in [0.2, 0.25) is 0 Å². The van der Waals surface area contributed by atoms with E-state index in [1.807, 2.05) is 6.08 Å². The number of hydrogen-bond donors (Lipinski definition) is 2. The molecular weight excluding hydrogens is 625 g/mol. The molecule has 1 unspecified atom stereocenters. The van der Waals surface area contributed by atoms with Crippen molar-refractivity contribution < 1.29 is 32.8 Å². The third-order valence-electron chi connectivity index (χ3n) is 8.44. The normalized spacial score (nSPS) is 13.8. The van der Waals surface area contributed by atoms with Crippen molar-refractivity contribution in [1.82, 2.24) is 0 Å². The van der Waals surface area contributed by atoms with Gasteiger partial charge in [0.1, 0.15) is 6.61 Å². The highest BCUT2D eigenvalue weighted by atomic mass is 31.2. The molecule has 0 rings (SSSR count). The number of hydrogen-bond acceptors (Lipinski definition) is 7. The lowest BCUT2D eigenvalue weighted by atomic mass is 10.0. The van der Waals surface area contributed by atoms with Crippen molar-refractivity contribution in [2.75, 3.05) is 26.4 Å². The molecule has 0 aliphatic carbocycles. The molecule has 3 N–H and O–H groups in total. The number of phosphoric ester groups is 1. The van der Waals surface area contributed by atoms with Gasteiger partial charge in [-0.2, -0.15) is 0 Å². The van der Waals surface area contributed by atoms with Crippen LogP contribution >= 0.6 is 7.82 Å². The van der Waals surface area contributed by atoms with Gasteiger partial charge in [-0.25, -0.2) is 4.57 Å². The Balaban J connectivity index is 4.13. The molecule has 0 aromatic heterocycles. The molecule has 9 heteroatoms. The van der Waals surface area contributed by atoms with Crippen molar-refractivity contribution in [1.29, 1.82) is 0 Å². The van der Waals surface area contributed by atoms with Crippen LogP contribution in [0.15, 0.2) is 24.5 Å². The quantitative estimate of drug-likeness (QED) is 0.0215. The second kappa shape index (κ2) is 37.1. The first-order valence-electron chi connectivity index (χ1n) is 19.9. The van der Waals surface area contributed by atoms with E-state index in [1.165, 1.54) is 122 Å².